The van der Waals surface area contributed by atoms with E-state index in [1.807, 2.05) is 0 Å². The summed E-state index contributed by atoms with van der Waals surface area (Å²) in [4.78, 5) is 0. The largest absolute Gasteiger partial charge is 4.00 e. The maximum Gasteiger partial charge on any atom is 4.00 e. The van der Waals surface area contributed by atoms with Crippen LogP contribution in [0.15, 0.2) is 146 Å². The first-order valence-electron chi connectivity index (χ1n) is 18.6. The van der Waals surface area contributed by atoms with Gasteiger partial charge in [0.05, 0.1) is 8.07 Å². The van der Waals surface area contributed by atoms with Gasteiger partial charge in [-0.3, -0.25) is 0 Å². The van der Waals surface area contributed by atoms with E-state index in [0.717, 1.165) is 0 Å². The van der Waals surface area contributed by atoms with Crippen molar-refractivity contribution in [1.29, 1.82) is 0 Å². The number of rotatable bonds is 8. The van der Waals surface area contributed by atoms with Gasteiger partial charge in [-0.15, -0.1) is 68.3 Å². The minimum atomic E-state index is -2.08. The molecule has 0 aliphatic rings. The third kappa shape index (κ3) is 6.77. The van der Waals surface area contributed by atoms with Crippen LogP contribution in [0.1, 0.15) is 36.1 Å². The van der Waals surface area contributed by atoms with Crippen LogP contribution < -0.4 is 10.4 Å². The molecule has 8 rings (SSSR count). The van der Waals surface area contributed by atoms with Crippen LogP contribution in [0.2, 0.25) is 12.1 Å². The molecular formula is C52H52HfSi. The molecule has 0 unspecified atom stereocenters. The molecule has 0 spiro atoms. The Balaban J connectivity index is 0.00000187. The minimum Gasteiger partial charge on any atom is -0.358 e. The van der Waals surface area contributed by atoms with E-state index in [9.17, 15) is 0 Å². The van der Waals surface area contributed by atoms with Crippen LogP contribution >= 0.6 is 0 Å². The summed E-state index contributed by atoms with van der Waals surface area (Å²) in [7, 11) is -2.08. The molecule has 0 aromatic heterocycles. The van der Waals surface area contributed by atoms with Gasteiger partial charge in [-0.25, -0.2) is 0 Å². The van der Waals surface area contributed by atoms with Gasteiger partial charge in [0, 0.05) is 0 Å². The van der Waals surface area contributed by atoms with Crippen molar-refractivity contribution in [1.82, 2.24) is 0 Å². The Hall–Kier alpha value is -4.37. The summed E-state index contributed by atoms with van der Waals surface area (Å²) < 4.78 is 0. The number of fused-ring (bicyclic) bond motifs is 2. The van der Waals surface area contributed by atoms with Gasteiger partial charge >= 0.3 is 25.8 Å². The fourth-order valence-corrected chi connectivity index (χ4v) is 13.3. The van der Waals surface area contributed by atoms with Gasteiger partial charge < -0.3 is 14.9 Å². The van der Waals surface area contributed by atoms with Crippen molar-refractivity contribution >= 4 is 40.0 Å². The summed E-state index contributed by atoms with van der Waals surface area (Å²) in [6, 6.07) is 57.4. The summed E-state index contributed by atoms with van der Waals surface area (Å²) in [5.74, 6) is 0. The molecule has 0 aliphatic heterocycles. The molecule has 0 amide bonds. The van der Waals surface area contributed by atoms with Crippen LogP contribution in [-0.4, -0.2) is 8.07 Å². The normalized spacial score (nSPS) is 11.2. The summed E-state index contributed by atoms with van der Waals surface area (Å²) in [5, 5.41) is 8.55. The number of aryl methyl sites for hydroxylation is 2. The second-order valence-electron chi connectivity index (χ2n) is 14.5. The zero-order chi connectivity index (χ0) is 35.3. The summed E-state index contributed by atoms with van der Waals surface area (Å²) >= 11 is 0. The molecule has 0 atom stereocenters. The van der Waals surface area contributed by atoms with Crippen LogP contribution in [0.3, 0.4) is 0 Å². The summed E-state index contributed by atoms with van der Waals surface area (Å²) in [6.07, 6.45) is 0. The van der Waals surface area contributed by atoms with E-state index in [-0.39, 0.29) is 40.7 Å². The Kier molecular flexibility index (Phi) is 12.5. The van der Waals surface area contributed by atoms with Crippen molar-refractivity contribution in [2.45, 2.75) is 53.6 Å². The third-order valence-corrected chi connectivity index (χ3v) is 17.1. The van der Waals surface area contributed by atoms with Crippen molar-refractivity contribution in [3.63, 3.8) is 0 Å². The molecule has 0 saturated carbocycles. The van der Waals surface area contributed by atoms with E-state index in [1.54, 1.807) is 10.4 Å². The van der Waals surface area contributed by atoms with Gasteiger partial charge in [0.2, 0.25) is 0 Å². The van der Waals surface area contributed by atoms with E-state index in [0.29, 0.717) is 0 Å². The fraction of sp³-hybridized carbons (Fsp3) is 0.154. The van der Waals surface area contributed by atoms with Crippen molar-refractivity contribution in [3.8, 4) is 44.5 Å². The molecule has 2 heteroatoms. The fourth-order valence-electron chi connectivity index (χ4n) is 9.10. The van der Waals surface area contributed by atoms with Crippen molar-refractivity contribution in [2.24, 2.45) is 0 Å². The van der Waals surface area contributed by atoms with Gasteiger partial charge in [0.25, 0.3) is 0 Å². The topological polar surface area (TPSA) is 0 Å². The molecule has 0 N–H and O–H groups in total. The van der Waals surface area contributed by atoms with Crippen LogP contribution in [0.25, 0.3) is 66.1 Å². The Morgan fingerprint density at radius 2 is 0.833 bits per heavy atom. The number of hydrogen-bond acceptors (Lipinski definition) is 0. The van der Waals surface area contributed by atoms with Crippen LogP contribution in [0.5, 0.6) is 0 Å². The molecule has 0 bridgehead atoms. The molecule has 0 aliphatic carbocycles. The zero-order valence-corrected chi connectivity index (χ0v) is 37.9. The quantitative estimate of drug-likeness (QED) is 0.105. The van der Waals surface area contributed by atoms with Gasteiger partial charge in [0.15, 0.2) is 0 Å². The first-order chi connectivity index (χ1) is 24.8. The smallest absolute Gasteiger partial charge is 0.358 e. The summed E-state index contributed by atoms with van der Waals surface area (Å²) in [6.45, 7) is 13.9. The standard InChI is InChI=1S/C50H46Si.2CH3.Hf/c1-7-51(8-2,41-29-39-21-15-23-45(47(39)31-41)43-27-25-33(3)49(35(43)5)37-17-11-9-12-18-37)42-30-40-22-16-24-46(48(40)32-42)44-28-26-34(4)50(36(44)6)38-19-13-10-14-20-38;;;/h9-32H,7-8H2,1-6H3;2*1H3;/q-2;2*-1;+4. The predicted octanol–water partition coefficient (Wildman–Crippen LogP) is 13.8. The molecule has 8 aromatic carbocycles. The average Bonchev–Trinajstić information content (AvgIpc) is 3.80. The van der Waals surface area contributed by atoms with E-state index in [4.69, 9.17) is 0 Å². The second-order valence-corrected chi connectivity index (χ2v) is 19.2. The van der Waals surface area contributed by atoms with Crippen molar-refractivity contribution in [2.75, 3.05) is 0 Å². The Morgan fingerprint density at radius 3 is 1.20 bits per heavy atom. The molecule has 0 heterocycles. The van der Waals surface area contributed by atoms with Crippen LogP contribution in [-0.2, 0) is 25.8 Å². The van der Waals surface area contributed by atoms with E-state index < -0.39 is 8.07 Å². The van der Waals surface area contributed by atoms with Crippen LogP contribution in [0.4, 0.5) is 0 Å². The molecule has 54 heavy (non-hydrogen) atoms. The monoisotopic (exact) mass is 884 g/mol. The van der Waals surface area contributed by atoms with Gasteiger partial charge in [0.1, 0.15) is 0 Å². The Morgan fingerprint density at radius 1 is 0.444 bits per heavy atom. The van der Waals surface area contributed by atoms with Gasteiger partial charge in [-0.2, -0.15) is 12.1 Å². The predicted molar refractivity (Wildman–Crippen MR) is 239 cm³/mol. The first kappa shape index (κ1) is 40.8. The molecule has 0 radical (unpaired) electrons. The molecule has 268 valence electrons. The molecule has 0 fully saturated rings. The Bertz CT molecular complexity index is 2350. The van der Waals surface area contributed by atoms with E-state index >= 15 is 0 Å². The van der Waals surface area contributed by atoms with Gasteiger partial charge in [-0.05, 0) is 83.3 Å². The number of hydrogen-bond donors (Lipinski definition) is 0. The Labute approximate surface area is 344 Å². The van der Waals surface area contributed by atoms with Gasteiger partial charge in [-0.1, -0.05) is 134 Å². The molecule has 0 saturated heterocycles. The molecule has 0 nitrogen and oxygen atoms in total. The van der Waals surface area contributed by atoms with Crippen LogP contribution in [0, 0.1) is 42.5 Å². The molecular weight excluding hydrogens is 831 g/mol. The SMILES string of the molecule is CC[Si](CC)(c1cc2c(-c3ccc(C)c(-c4ccccc4)c3C)cccc2[cH-]1)c1cc2c(-c3ccc(C)c(-c4ccccc4)c3C)cccc2[cH-]1.[CH3-].[CH3-].[Hf+4]. The maximum atomic E-state index is 2.57. The second kappa shape index (κ2) is 16.6. The van der Waals surface area contributed by atoms with Crippen molar-refractivity contribution < 1.29 is 25.8 Å². The number of benzene rings is 6. The van der Waals surface area contributed by atoms with E-state index in [2.05, 4.69) is 187 Å². The van der Waals surface area contributed by atoms with E-state index in [1.165, 1.54) is 100 Å². The average molecular weight is 884 g/mol. The first-order valence-corrected chi connectivity index (χ1v) is 21.0. The minimum absolute atomic E-state index is 0. The molecule has 8 aromatic rings. The zero-order valence-electron chi connectivity index (χ0n) is 33.3. The maximum absolute atomic E-state index is 2.57. The summed E-state index contributed by atoms with van der Waals surface area (Å²) in [5.41, 5.74) is 15.9. The van der Waals surface area contributed by atoms with Crippen molar-refractivity contribution in [3.05, 3.63) is 183 Å². The third-order valence-electron chi connectivity index (χ3n) is 11.9.